The van der Waals surface area contributed by atoms with Gasteiger partial charge in [-0.1, -0.05) is 66.8 Å². The lowest BCUT2D eigenvalue weighted by Gasteiger charge is -2.15. The van der Waals surface area contributed by atoms with Crippen molar-refractivity contribution in [2.24, 2.45) is 0 Å². The molecule has 1 unspecified atom stereocenters. The average Bonchev–Trinajstić information content (AvgIpc) is 2.88. The highest BCUT2D eigenvalue weighted by Crippen LogP contribution is 2.20. The summed E-state index contributed by atoms with van der Waals surface area (Å²) < 4.78 is 35.7. The molecule has 0 saturated heterocycles. The molecule has 0 bridgehead atoms. The number of benzene rings is 1. The van der Waals surface area contributed by atoms with Crippen LogP contribution in [0.3, 0.4) is 0 Å². The molecule has 6 nitrogen and oxygen atoms in total. The van der Waals surface area contributed by atoms with Crippen molar-refractivity contribution in [2.75, 3.05) is 13.2 Å². The second kappa shape index (κ2) is 20.2. The third kappa shape index (κ3) is 14.4. The molecule has 37 heavy (non-hydrogen) atoms. The largest absolute Gasteiger partial charge is 0.466 e. The number of carbonyl (C=O) groups excluding carboxylic acids is 2. The van der Waals surface area contributed by atoms with E-state index in [2.05, 4.69) is 30.4 Å². The Morgan fingerprint density at radius 3 is 1.65 bits per heavy atom. The van der Waals surface area contributed by atoms with Crippen LogP contribution in [0.5, 0.6) is 0 Å². The smallest absolute Gasteiger partial charge is 0.325 e. The molecule has 0 spiro atoms. The fourth-order valence-electron chi connectivity index (χ4n) is 3.42. The Bertz CT molecular complexity index is 990. The van der Waals surface area contributed by atoms with Gasteiger partial charge in [-0.15, -0.1) is 0 Å². The Balaban J connectivity index is 2.26. The lowest BCUT2D eigenvalue weighted by atomic mass is 10.2. The first-order valence-electron chi connectivity index (χ1n) is 13.1. The molecule has 0 amide bonds. The SMILES string of the molecule is CCOC(=O)CCC=CCCC=CCCC=CCCC=CCC(C(=O)OCC)S(=O)(=O)c1ccccc1. The third-order valence-corrected chi connectivity index (χ3v) is 7.40. The summed E-state index contributed by atoms with van der Waals surface area (Å²) in [6.45, 7) is 4.05. The first kappa shape index (κ1) is 32.1. The molecule has 1 aromatic carbocycles. The number of carbonyl (C=O) groups is 2. The normalized spacial score (nSPS) is 13.1. The molecule has 204 valence electrons. The molecule has 0 radical (unpaired) electrons. The Morgan fingerprint density at radius 1 is 0.703 bits per heavy atom. The van der Waals surface area contributed by atoms with Crippen LogP contribution in [0, 0.1) is 0 Å². The molecule has 0 aliphatic heterocycles. The molecule has 0 fully saturated rings. The van der Waals surface area contributed by atoms with Crippen molar-refractivity contribution in [3.8, 4) is 0 Å². The van der Waals surface area contributed by atoms with E-state index < -0.39 is 21.1 Å². The maximum Gasteiger partial charge on any atom is 0.325 e. The minimum atomic E-state index is -3.82. The predicted octanol–water partition coefficient (Wildman–Crippen LogP) is 6.69. The third-order valence-electron chi connectivity index (χ3n) is 5.33. The van der Waals surface area contributed by atoms with Gasteiger partial charge in [0.05, 0.1) is 18.1 Å². The number of unbranched alkanes of at least 4 members (excludes halogenated alkanes) is 3. The Kier molecular flexibility index (Phi) is 17.5. The molecular formula is C30H42O6S. The van der Waals surface area contributed by atoms with Crippen LogP contribution in [0.25, 0.3) is 0 Å². The summed E-state index contributed by atoms with van der Waals surface area (Å²) >= 11 is 0. The zero-order valence-corrected chi connectivity index (χ0v) is 23.0. The molecule has 1 rings (SSSR count). The number of esters is 2. The van der Waals surface area contributed by atoms with E-state index in [1.54, 1.807) is 31.2 Å². The second-order valence-corrected chi connectivity index (χ2v) is 10.4. The van der Waals surface area contributed by atoms with Crippen molar-refractivity contribution in [3.63, 3.8) is 0 Å². The van der Waals surface area contributed by atoms with Crippen LogP contribution in [0.2, 0.25) is 0 Å². The average molecular weight is 531 g/mol. The van der Waals surface area contributed by atoms with Gasteiger partial charge >= 0.3 is 11.9 Å². The van der Waals surface area contributed by atoms with E-state index in [9.17, 15) is 18.0 Å². The van der Waals surface area contributed by atoms with Gasteiger partial charge in [-0.25, -0.2) is 8.42 Å². The van der Waals surface area contributed by atoms with Crippen LogP contribution in [0.15, 0.2) is 83.8 Å². The summed E-state index contributed by atoms with van der Waals surface area (Å²) in [6, 6.07) is 8.02. The van der Waals surface area contributed by atoms with Gasteiger partial charge in [0.15, 0.2) is 15.1 Å². The molecule has 0 aromatic heterocycles. The second-order valence-electron chi connectivity index (χ2n) is 8.30. The first-order valence-corrected chi connectivity index (χ1v) is 14.7. The van der Waals surface area contributed by atoms with Gasteiger partial charge in [0, 0.05) is 6.42 Å². The monoisotopic (exact) mass is 530 g/mol. The van der Waals surface area contributed by atoms with Crippen molar-refractivity contribution >= 4 is 21.8 Å². The summed E-state index contributed by atoms with van der Waals surface area (Å²) in [5.41, 5.74) is 0. The van der Waals surface area contributed by atoms with Gasteiger partial charge in [0.2, 0.25) is 0 Å². The molecule has 0 N–H and O–H groups in total. The highest BCUT2D eigenvalue weighted by atomic mass is 32.2. The number of sulfone groups is 1. The van der Waals surface area contributed by atoms with Gasteiger partial charge in [-0.05, 0) is 77.3 Å². The van der Waals surface area contributed by atoms with Crippen molar-refractivity contribution in [2.45, 2.75) is 81.8 Å². The topological polar surface area (TPSA) is 86.7 Å². The lowest BCUT2D eigenvalue weighted by molar-refractivity contribution is -0.143. The van der Waals surface area contributed by atoms with Crippen molar-refractivity contribution in [1.82, 2.24) is 0 Å². The van der Waals surface area contributed by atoms with Gasteiger partial charge in [-0.3, -0.25) is 9.59 Å². The molecule has 0 aliphatic carbocycles. The summed E-state index contributed by atoms with van der Waals surface area (Å²) in [5.74, 6) is -0.859. The van der Waals surface area contributed by atoms with E-state index in [1.165, 1.54) is 12.1 Å². The fraction of sp³-hybridized carbons (Fsp3) is 0.467. The number of hydrogen-bond donors (Lipinski definition) is 0. The van der Waals surface area contributed by atoms with Gasteiger partial charge in [0.1, 0.15) is 0 Å². The molecule has 7 heteroatoms. The fourth-order valence-corrected chi connectivity index (χ4v) is 4.97. The summed E-state index contributed by atoms with van der Waals surface area (Å²) in [6.07, 6.45) is 23.2. The Labute approximate surface area is 223 Å². The maximum atomic E-state index is 12.9. The standard InChI is InChI=1S/C30H42O6S/c1-3-35-29(31)26-22-17-15-13-11-9-7-5-6-8-10-12-14-16-21-25-28(30(32)36-4-2)37(33,34)27-23-19-18-20-24-27/h7-10,15-21,23-24,28H,3-6,11-14,22,25-26H2,1-2H3. The quantitative estimate of drug-likeness (QED) is 0.112. The zero-order chi connectivity index (χ0) is 27.2. The van der Waals surface area contributed by atoms with Crippen molar-refractivity contribution < 1.29 is 27.5 Å². The highest BCUT2D eigenvalue weighted by molar-refractivity contribution is 7.92. The van der Waals surface area contributed by atoms with Crippen LogP contribution in [-0.2, 0) is 28.9 Å². The minimum Gasteiger partial charge on any atom is -0.466 e. The summed E-state index contributed by atoms with van der Waals surface area (Å²) in [4.78, 5) is 23.7. The summed E-state index contributed by atoms with van der Waals surface area (Å²) in [7, 11) is -3.82. The van der Waals surface area contributed by atoms with Crippen molar-refractivity contribution in [1.29, 1.82) is 0 Å². The minimum absolute atomic E-state index is 0.0884. The molecular weight excluding hydrogens is 488 g/mol. The van der Waals surface area contributed by atoms with Crippen LogP contribution in [0.4, 0.5) is 0 Å². The van der Waals surface area contributed by atoms with Gasteiger partial charge < -0.3 is 9.47 Å². The van der Waals surface area contributed by atoms with E-state index in [-0.39, 0.29) is 23.9 Å². The maximum absolute atomic E-state index is 12.9. The molecule has 0 heterocycles. The number of hydrogen-bond acceptors (Lipinski definition) is 6. The van der Waals surface area contributed by atoms with E-state index in [4.69, 9.17) is 9.47 Å². The molecule has 0 aliphatic rings. The summed E-state index contributed by atoms with van der Waals surface area (Å²) in [5, 5.41) is -1.24. The molecule has 0 saturated carbocycles. The number of allylic oxidation sites excluding steroid dienone is 8. The van der Waals surface area contributed by atoms with Crippen molar-refractivity contribution in [3.05, 3.63) is 78.9 Å². The van der Waals surface area contributed by atoms with Crippen LogP contribution < -0.4 is 0 Å². The van der Waals surface area contributed by atoms with Gasteiger partial charge in [-0.2, -0.15) is 0 Å². The van der Waals surface area contributed by atoms with Crippen LogP contribution in [-0.4, -0.2) is 38.8 Å². The first-order chi connectivity index (χ1) is 17.9. The number of ether oxygens (including phenoxy) is 2. The zero-order valence-electron chi connectivity index (χ0n) is 22.2. The Morgan fingerprint density at radius 2 is 1.16 bits per heavy atom. The Hall–Kier alpha value is -2.93. The van der Waals surface area contributed by atoms with E-state index in [1.807, 2.05) is 19.1 Å². The van der Waals surface area contributed by atoms with E-state index >= 15 is 0 Å². The lowest BCUT2D eigenvalue weighted by Crippen LogP contribution is -2.31. The van der Waals surface area contributed by atoms with E-state index in [0.29, 0.717) is 13.0 Å². The molecule has 1 aromatic rings. The van der Waals surface area contributed by atoms with Gasteiger partial charge in [0.25, 0.3) is 0 Å². The molecule has 1 atom stereocenters. The number of rotatable bonds is 19. The predicted molar refractivity (Wildman–Crippen MR) is 149 cm³/mol. The van der Waals surface area contributed by atoms with E-state index in [0.717, 1.165) is 44.9 Å². The van der Waals surface area contributed by atoms with Crippen LogP contribution >= 0.6 is 0 Å². The highest BCUT2D eigenvalue weighted by Gasteiger charge is 2.34. The van der Waals surface area contributed by atoms with Crippen LogP contribution in [0.1, 0.15) is 71.6 Å².